The van der Waals surface area contributed by atoms with Crippen LogP contribution in [0, 0.1) is 6.92 Å². The van der Waals surface area contributed by atoms with Gasteiger partial charge in [-0.2, -0.15) is 5.10 Å². The molecule has 220 valence electrons. The highest BCUT2D eigenvalue weighted by Crippen LogP contribution is 2.27. The van der Waals surface area contributed by atoms with E-state index >= 15 is 0 Å². The first kappa shape index (κ1) is 30.5. The molecule has 2 heterocycles. The van der Waals surface area contributed by atoms with Crippen molar-refractivity contribution in [2.45, 2.75) is 91.1 Å². The maximum absolute atomic E-state index is 13.0. The number of rotatable bonds is 11. The van der Waals surface area contributed by atoms with Crippen LogP contribution in [0.2, 0.25) is 25.7 Å². The number of imidazole rings is 1. The first-order valence-electron chi connectivity index (χ1n) is 14.4. The standard InChI is InChI=1S/C32H45N5O3Si/c1-23-18-25(19-27-21-36(35-29(23)27)22-39-16-17-41(6,7)8)20-28(34-31(38)40-32(3,4)5)30-33-14-15-37(30)24(2)26-12-10-9-11-13-26/h9-15,18-19,21,24,28H,16-17,20,22H2,1-8H3,(H,34,38). The van der Waals surface area contributed by atoms with E-state index < -0.39 is 25.8 Å². The van der Waals surface area contributed by atoms with Crippen LogP contribution in [0.5, 0.6) is 0 Å². The molecule has 9 heteroatoms. The SMILES string of the molecule is Cc1cc(CC(NC(=O)OC(C)(C)C)c2nccn2C(C)c2ccccc2)cc2cn(COCC[Si](C)(C)C)nc12. The zero-order valence-electron chi connectivity index (χ0n) is 25.8. The van der Waals surface area contributed by atoms with Crippen molar-refractivity contribution >= 4 is 25.1 Å². The molecule has 2 unspecified atom stereocenters. The van der Waals surface area contributed by atoms with E-state index in [1.807, 2.05) is 56.0 Å². The molecule has 2 aromatic heterocycles. The lowest BCUT2D eigenvalue weighted by molar-refractivity contribution is 0.0500. The van der Waals surface area contributed by atoms with E-state index in [2.05, 4.69) is 67.6 Å². The van der Waals surface area contributed by atoms with E-state index in [0.29, 0.717) is 13.2 Å². The summed E-state index contributed by atoms with van der Waals surface area (Å²) in [7, 11) is -1.14. The van der Waals surface area contributed by atoms with Crippen LogP contribution >= 0.6 is 0 Å². The molecule has 0 saturated heterocycles. The number of alkyl carbamates (subject to hydrolysis) is 1. The molecule has 41 heavy (non-hydrogen) atoms. The summed E-state index contributed by atoms with van der Waals surface area (Å²) in [5.41, 5.74) is 3.67. The van der Waals surface area contributed by atoms with Crippen LogP contribution in [0.25, 0.3) is 10.9 Å². The number of nitrogens with one attached hydrogen (secondary N) is 1. The molecule has 0 aliphatic rings. The Hall–Kier alpha value is -3.43. The van der Waals surface area contributed by atoms with E-state index in [4.69, 9.17) is 19.6 Å². The first-order chi connectivity index (χ1) is 19.3. The zero-order chi connectivity index (χ0) is 29.8. The number of ether oxygens (including phenoxy) is 2. The number of carbonyl (C=O) groups is 1. The van der Waals surface area contributed by atoms with Crippen LogP contribution in [0.15, 0.2) is 61.1 Å². The van der Waals surface area contributed by atoms with Crippen LogP contribution in [-0.2, 0) is 22.6 Å². The van der Waals surface area contributed by atoms with E-state index in [1.54, 1.807) is 6.20 Å². The van der Waals surface area contributed by atoms with Crippen LogP contribution in [0.4, 0.5) is 4.79 Å². The smallest absolute Gasteiger partial charge is 0.408 e. The highest BCUT2D eigenvalue weighted by Gasteiger charge is 2.26. The summed E-state index contributed by atoms with van der Waals surface area (Å²) >= 11 is 0. The number of benzene rings is 2. The molecule has 1 amide bonds. The van der Waals surface area contributed by atoms with Gasteiger partial charge in [0.05, 0.1) is 17.6 Å². The molecule has 0 bridgehead atoms. The normalized spacial score (nSPS) is 13.8. The Morgan fingerprint density at radius 3 is 2.54 bits per heavy atom. The fraction of sp³-hybridized carbons (Fsp3) is 0.469. The highest BCUT2D eigenvalue weighted by molar-refractivity contribution is 6.76. The molecule has 0 aliphatic heterocycles. The molecule has 0 radical (unpaired) electrons. The summed E-state index contributed by atoms with van der Waals surface area (Å²) in [6.07, 6.45) is 5.88. The lowest BCUT2D eigenvalue weighted by Gasteiger charge is -2.26. The Labute approximate surface area is 245 Å². The van der Waals surface area contributed by atoms with Gasteiger partial charge < -0.3 is 19.4 Å². The predicted molar refractivity (Wildman–Crippen MR) is 167 cm³/mol. The van der Waals surface area contributed by atoms with Crippen LogP contribution in [0.1, 0.15) is 62.3 Å². The van der Waals surface area contributed by atoms with Crippen molar-refractivity contribution in [2.24, 2.45) is 0 Å². The lowest BCUT2D eigenvalue weighted by Crippen LogP contribution is -2.37. The molecule has 8 nitrogen and oxygen atoms in total. The Morgan fingerprint density at radius 1 is 1.12 bits per heavy atom. The van der Waals surface area contributed by atoms with Crippen molar-refractivity contribution in [2.75, 3.05) is 6.61 Å². The van der Waals surface area contributed by atoms with Gasteiger partial charge in [0.1, 0.15) is 18.2 Å². The number of aromatic nitrogens is 4. The molecule has 4 aromatic rings. The summed E-state index contributed by atoms with van der Waals surface area (Å²) in [5.74, 6) is 0.774. The third kappa shape index (κ3) is 8.53. The Morgan fingerprint density at radius 2 is 1.85 bits per heavy atom. The summed E-state index contributed by atoms with van der Waals surface area (Å²) in [5, 5.41) is 8.93. The lowest BCUT2D eigenvalue weighted by atomic mass is 10.0. The average molecular weight is 576 g/mol. The van der Waals surface area contributed by atoms with E-state index in [-0.39, 0.29) is 6.04 Å². The van der Waals surface area contributed by atoms with E-state index in [9.17, 15) is 4.79 Å². The number of amides is 1. The quantitative estimate of drug-likeness (QED) is 0.150. The maximum Gasteiger partial charge on any atom is 0.408 e. The number of fused-ring (bicyclic) bond motifs is 1. The molecular formula is C32H45N5O3Si. The summed E-state index contributed by atoms with van der Waals surface area (Å²) in [6.45, 7) is 18.0. The minimum absolute atomic E-state index is 0.0417. The van der Waals surface area contributed by atoms with Crippen molar-refractivity contribution in [3.8, 4) is 0 Å². The van der Waals surface area contributed by atoms with Crippen molar-refractivity contribution in [3.63, 3.8) is 0 Å². The largest absolute Gasteiger partial charge is 0.444 e. The van der Waals surface area contributed by atoms with Gasteiger partial charge in [-0.25, -0.2) is 14.5 Å². The zero-order valence-corrected chi connectivity index (χ0v) is 26.8. The second-order valence-electron chi connectivity index (χ2n) is 13.0. The Bertz CT molecular complexity index is 1450. The molecule has 0 fully saturated rings. The third-order valence-electron chi connectivity index (χ3n) is 6.97. The second kappa shape index (κ2) is 12.6. The van der Waals surface area contributed by atoms with Crippen LogP contribution in [-0.4, -0.2) is 45.7 Å². The van der Waals surface area contributed by atoms with Crippen molar-refractivity contribution in [1.29, 1.82) is 0 Å². The number of aryl methyl sites for hydroxylation is 1. The molecule has 2 aromatic carbocycles. The van der Waals surface area contributed by atoms with Crippen molar-refractivity contribution in [3.05, 3.63) is 83.6 Å². The maximum atomic E-state index is 13.0. The van der Waals surface area contributed by atoms with Gasteiger partial charge in [0.25, 0.3) is 0 Å². The van der Waals surface area contributed by atoms with Gasteiger partial charge in [-0.05, 0) is 63.4 Å². The fourth-order valence-corrected chi connectivity index (χ4v) is 5.62. The highest BCUT2D eigenvalue weighted by atomic mass is 28.3. The molecular weight excluding hydrogens is 530 g/mol. The van der Waals surface area contributed by atoms with E-state index in [1.165, 1.54) is 5.56 Å². The number of hydrogen-bond donors (Lipinski definition) is 1. The topological polar surface area (TPSA) is 83.2 Å². The number of carbonyl (C=O) groups excluding carboxylic acids is 1. The fourth-order valence-electron chi connectivity index (χ4n) is 4.86. The van der Waals surface area contributed by atoms with Crippen LogP contribution in [0.3, 0.4) is 0 Å². The van der Waals surface area contributed by atoms with Gasteiger partial charge in [-0.1, -0.05) is 56.0 Å². The van der Waals surface area contributed by atoms with Crippen molar-refractivity contribution < 1.29 is 14.3 Å². The summed E-state index contributed by atoms with van der Waals surface area (Å²) in [4.78, 5) is 17.7. The Balaban J connectivity index is 1.60. The predicted octanol–water partition coefficient (Wildman–Crippen LogP) is 7.27. The molecule has 4 rings (SSSR count). The van der Waals surface area contributed by atoms with Crippen LogP contribution < -0.4 is 5.32 Å². The third-order valence-corrected chi connectivity index (χ3v) is 8.67. The van der Waals surface area contributed by atoms with Gasteiger partial charge in [0, 0.05) is 45.1 Å². The second-order valence-corrected chi connectivity index (χ2v) is 18.7. The molecule has 1 N–H and O–H groups in total. The average Bonchev–Trinajstić information content (AvgIpc) is 3.52. The van der Waals surface area contributed by atoms with Gasteiger partial charge >= 0.3 is 6.09 Å². The monoisotopic (exact) mass is 575 g/mol. The van der Waals surface area contributed by atoms with Gasteiger partial charge in [0.15, 0.2) is 0 Å². The number of nitrogens with zero attached hydrogens (tertiary/aromatic N) is 4. The molecule has 0 spiro atoms. The minimum Gasteiger partial charge on any atom is -0.444 e. The van der Waals surface area contributed by atoms with Gasteiger partial charge in [-0.3, -0.25) is 0 Å². The minimum atomic E-state index is -1.14. The number of hydrogen-bond acceptors (Lipinski definition) is 5. The van der Waals surface area contributed by atoms with Gasteiger partial charge in [0.2, 0.25) is 0 Å². The van der Waals surface area contributed by atoms with E-state index in [0.717, 1.165) is 40.5 Å². The molecule has 0 aliphatic carbocycles. The first-order valence-corrected chi connectivity index (χ1v) is 18.1. The van der Waals surface area contributed by atoms with Crippen molar-refractivity contribution in [1.82, 2.24) is 24.6 Å². The molecule has 0 saturated carbocycles. The Kier molecular flexibility index (Phi) is 9.39. The summed E-state index contributed by atoms with van der Waals surface area (Å²) < 4.78 is 15.6. The van der Waals surface area contributed by atoms with Gasteiger partial charge in [-0.15, -0.1) is 0 Å². The summed E-state index contributed by atoms with van der Waals surface area (Å²) in [6, 6.07) is 15.4. The molecule has 2 atom stereocenters.